The number of amides is 2. The van der Waals surface area contributed by atoms with Gasteiger partial charge in [0.1, 0.15) is 19.3 Å². The first kappa shape index (κ1) is 18.5. The van der Waals surface area contributed by atoms with E-state index in [4.69, 9.17) is 9.47 Å². The minimum Gasteiger partial charge on any atom is -0.486 e. The number of hydrogen-bond acceptors (Lipinski definition) is 4. The first-order valence-corrected chi connectivity index (χ1v) is 9.40. The lowest BCUT2D eigenvalue weighted by Crippen LogP contribution is -2.47. The average Bonchev–Trinajstić information content (AvgIpc) is 3.10. The Balaban J connectivity index is 1.77. The van der Waals surface area contributed by atoms with Gasteiger partial charge in [0, 0.05) is 26.6 Å². The molecule has 142 valence electrons. The van der Waals surface area contributed by atoms with Crippen LogP contribution in [0.4, 0.5) is 0 Å². The lowest BCUT2D eigenvalue weighted by molar-refractivity contribution is -0.143. The van der Waals surface area contributed by atoms with Crippen molar-refractivity contribution in [3.63, 3.8) is 0 Å². The summed E-state index contributed by atoms with van der Waals surface area (Å²) in [5, 5.41) is 0. The van der Waals surface area contributed by atoms with E-state index in [1.165, 1.54) is 0 Å². The van der Waals surface area contributed by atoms with E-state index in [0.717, 1.165) is 29.9 Å². The predicted octanol–water partition coefficient (Wildman–Crippen LogP) is 2.45. The molecule has 1 aromatic rings. The highest BCUT2D eigenvalue weighted by molar-refractivity contribution is 5.87. The van der Waals surface area contributed by atoms with Crippen molar-refractivity contribution < 1.29 is 19.1 Å². The molecule has 1 aromatic carbocycles. The summed E-state index contributed by atoms with van der Waals surface area (Å²) in [5.41, 5.74) is 1.01. The van der Waals surface area contributed by atoms with Crippen molar-refractivity contribution >= 4 is 11.8 Å². The number of carbonyl (C=O) groups is 2. The molecule has 0 spiro atoms. The maximum Gasteiger partial charge on any atom is 0.245 e. The molecule has 1 fully saturated rings. The Kier molecular flexibility index (Phi) is 5.69. The Morgan fingerprint density at radius 3 is 2.65 bits per heavy atom. The number of benzene rings is 1. The number of carbonyl (C=O) groups excluding carboxylic acids is 2. The molecule has 0 aliphatic carbocycles. The third-order valence-electron chi connectivity index (χ3n) is 4.82. The maximum absolute atomic E-state index is 13.2. The first-order valence-electron chi connectivity index (χ1n) is 9.40. The van der Waals surface area contributed by atoms with Gasteiger partial charge in [-0.15, -0.1) is 0 Å². The standard InChI is InChI=1S/C20H28N2O4/c1-14(2)12-21(20(24)17-5-4-8-22(17)15(3)23)13-16-6-7-18-19(11-16)26-10-9-25-18/h6-7,11,14,17H,4-5,8-10,12-13H2,1-3H3. The normalized spacial score (nSPS) is 18.9. The van der Waals surface area contributed by atoms with Crippen molar-refractivity contribution in [3.05, 3.63) is 23.8 Å². The molecular formula is C20H28N2O4. The summed E-state index contributed by atoms with van der Waals surface area (Å²) >= 11 is 0. The second kappa shape index (κ2) is 7.98. The van der Waals surface area contributed by atoms with Crippen LogP contribution in [0.1, 0.15) is 39.2 Å². The van der Waals surface area contributed by atoms with Gasteiger partial charge >= 0.3 is 0 Å². The lowest BCUT2D eigenvalue weighted by Gasteiger charge is -2.31. The third kappa shape index (κ3) is 4.11. The molecular weight excluding hydrogens is 332 g/mol. The van der Waals surface area contributed by atoms with E-state index in [1.807, 2.05) is 23.1 Å². The highest BCUT2D eigenvalue weighted by atomic mass is 16.6. The molecule has 6 heteroatoms. The Morgan fingerprint density at radius 1 is 1.23 bits per heavy atom. The van der Waals surface area contributed by atoms with Gasteiger partial charge in [-0.25, -0.2) is 0 Å². The van der Waals surface area contributed by atoms with E-state index in [9.17, 15) is 9.59 Å². The zero-order valence-corrected chi connectivity index (χ0v) is 15.9. The first-order chi connectivity index (χ1) is 12.5. The van der Waals surface area contributed by atoms with E-state index in [1.54, 1.807) is 11.8 Å². The van der Waals surface area contributed by atoms with E-state index in [0.29, 0.717) is 38.8 Å². The topological polar surface area (TPSA) is 59.1 Å². The fraction of sp³-hybridized carbons (Fsp3) is 0.600. The van der Waals surface area contributed by atoms with Crippen molar-refractivity contribution in [1.29, 1.82) is 0 Å². The van der Waals surface area contributed by atoms with Gasteiger partial charge in [-0.05, 0) is 36.5 Å². The highest BCUT2D eigenvalue weighted by Crippen LogP contribution is 2.31. The van der Waals surface area contributed by atoms with Crippen LogP contribution in [0, 0.1) is 5.92 Å². The summed E-state index contributed by atoms with van der Waals surface area (Å²) < 4.78 is 11.2. The van der Waals surface area contributed by atoms with Crippen molar-refractivity contribution in [2.75, 3.05) is 26.3 Å². The van der Waals surface area contributed by atoms with Crippen molar-refractivity contribution in [3.8, 4) is 11.5 Å². The van der Waals surface area contributed by atoms with E-state index < -0.39 is 0 Å². The smallest absolute Gasteiger partial charge is 0.245 e. The number of rotatable bonds is 5. The quantitative estimate of drug-likeness (QED) is 0.809. The number of nitrogens with zero attached hydrogens (tertiary/aromatic N) is 2. The van der Waals surface area contributed by atoms with Crippen molar-refractivity contribution in [1.82, 2.24) is 9.80 Å². The molecule has 1 saturated heterocycles. The summed E-state index contributed by atoms with van der Waals surface area (Å²) in [4.78, 5) is 28.6. The van der Waals surface area contributed by atoms with Gasteiger partial charge in [0.15, 0.2) is 11.5 Å². The highest BCUT2D eigenvalue weighted by Gasteiger charge is 2.35. The molecule has 1 atom stereocenters. The lowest BCUT2D eigenvalue weighted by atomic mass is 10.1. The van der Waals surface area contributed by atoms with E-state index in [-0.39, 0.29) is 17.9 Å². The summed E-state index contributed by atoms with van der Waals surface area (Å²) in [6, 6.07) is 5.50. The predicted molar refractivity (Wildman–Crippen MR) is 98.1 cm³/mol. The van der Waals surface area contributed by atoms with Gasteiger partial charge < -0.3 is 19.3 Å². The molecule has 1 unspecified atom stereocenters. The minimum atomic E-state index is -0.330. The molecule has 2 aliphatic heterocycles. The number of likely N-dealkylation sites (tertiary alicyclic amines) is 1. The molecule has 0 saturated carbocycles. The van der Waals surface area contributed by atoms with Crippen molar-refractivity contribution in [2.24, 2.45) is 5.92 Å². The molecule has 0 N–H and O–H groups in total. The van der Waals surface area contributed by atoms with Crippen LogP contribution < -0.4 is 9.47 Å². The zero-order valence-electron chi connectivity index (χ0n) is 15.9. The van der Waals surface area contributed by atoms with Crippen LogP contribution in [-0.4, -0.2) is 54.0 Å². The summed E-state index contributed by atoms with van der Waals surface area (Å²) in [6.45, 7) is 8.69. The van der Waals surface area contributed by atoms with Crippen LogP contribution >= 0.6 is 0 Å². The molecule has 3 rings (SSSR count). The largest absolute Gasteiger partial charge is 0.486 e. The number of ether oxygens (including phenoxy) is 2. The maximum atomic E-state index is 13.2. The Hall–Kier alpha value is -2.24. The fourth-order valence-corrected chi connectivity index (χ4v) is 3.69. The van der Waals surface area contributed by atoms with Crippen LogP contribution in [0.5, 0.6) is 11.5 Å². The van der Waals surface area contributed by atoms with E-state index in [2.05, 4.69) is 13.8 Å². The average molecular weight is 360 g/mol. The van der Waals surface area contributed by atoms with Crippen LogP contribution in [0.15, 0.2) is 18.2 Å². The fourth-order valence-electron chi connectivity index (χ4n) is 3.69. The van der Waals surface area contributed by atoms with Crippen molar-refractivity contribution in [2.45, 2.75) is 46.2 Å². The van der Waals surface area contributed by atoms with Crippen LogP contribution in [-0.2, 0) is 16.1 Å². The van der Waals surface area contributed by atoms with Gasteiger partial charge in [0.25, 0.3) is 0 Å². The van der Waals surface area contributed by atoms with Gasteiger partial charge in [-0.2, -0.15) is 0 Å². The van der Waals surface area contributed by atoms with Gasteiger partial charge in [-0.3, -0.25) is 9.59 Å². The summed E-state index contributed by atoms with van der Waals surface area (Å²) in [7, 11) is 0. The minimum absolute atomic E-state index is 0.0234. The second-order valence-corrected chi connectivity index (χ2v) is 7.46. The molecule has 0 bridgehead atoms. The Morgan fingerprint density at radius 2 is 1.96 bits per heavy atom. The van der Waals surface area contributed by atoms with Gasteiger partial charge in [0.05, 0.1) is 0 Å². The van der Waals surface area contributed by atoms with Gasteiger partial charge in [-0.1, -0.05) is 19.9 Å². The van der Waals surface area contributed by atoms with Crippen LogP contribution in [0.2, 0.25) is 0 Å². The number of hydrogen-bond donors (Lipinski definition) is 0. The molecule has 2 heterocycles. The SMILES string of the molecule is CC(=O)N1CCCC1C(=O)N(Cc1ccc2c(c1)OCCO2)CC(C)C. The second-order valence-electron chi connectivity index (χ2n) is 7.46. The van der Waals surface area contributed by atoms with Crippen LogP contribution in [0.3, 0.4) is 0 Å². The Labute approximate surface area is 155 Å². The zero-order chi connectivity index (χ0) is 18.7. The molecule has 0 radical (unpaired) electrons. The Bertz CT molecular complexity index is 674. The molecule has 0 aromatic heterocycles. The molecule has 26 heavy (non-hydrogen) atoms. The number of fused-ring (bicyclic) bond motifs is 1. The van der Waals surface area contributed by atoms with Crippen LogP contribution in [0.25, 0.3) is 0 Å². The summed E-state index contributed by atoms with van der Waals surface area (Å²) in [6.07, 6.45) is 1.63. The van der Waals surface area contributed by atoms with E-state index >= 15 is 0 Å². The third-order valence-corrected chi connectivity index (χ3v) is 4.82. The summed E-state index contributed by atoms with van der Waals surface area (Å²) in [5.74, 6) is 1.85. The molecule has 2 aliphatic rings. The molecule has 6 nitrogen and oxygen atoms in total. The van der Waals surface area contributed by atoms with Gasteiger partial charge in [0.2, 0.25) is 11.8 Å². The molecule has 2 amide bonds. The monoisotopic (exact) mass is 360 g/mol.